The third kappa shape index (κ3) is 3.27. The summed E-state index contributed by atoms with van der Waals surface area (Å²) in [5.41, 5.74) is 8.07. The Bertz CT molecular complexity index is 244. The van der Waals surface area contributed by atoms with E-state index in [1.54, 1.807) is 0 Å². The van der Waals surface area contributed by atoms with Gasteiger partial charge in [-0.25, -0.2) is 0 Å². The van der Waals surface area contributed by atoms with Gasteiger partial charge < -0.3 is 5.73 Å². The van der Waals surface area contributed by atoms with Crippen LogP contribution in [0, 0.1) is 0 Å². The van der Waals surface area contributed by atoms with Crippen molar-refractivity contribution in [3.63, 3.8) is 0 Å². The van der Waals surface area contributed by atoms with Crippen LogP contribution in [0.2, 0.25) is 12.1 Å². The van der Waals surface area contributed by atoms with E-state index < -0.39 is 8.80 Å². The number of hydrogen-bond donors (Lipinski definition) is 1. The lowest BCUT2D eigenvalue weighted by Gasteiger charge is -2.19. The van der Waals surface area contributed by atoms with Crippen LogP contribution in [0.3, 0.4) is 0 Å². The fourth-order valence-corrected chi connectivity index (χ4v) is 4.34. The molecule has 0 aliphatic rings. The average Bonchev–Trinajstić information content (AvgIpc) is 2.21. The van der Waals surface area contributed by atoms with Crippen LogP contribution in [0.4, 0.5) is 0 Å². The fourth-order valence-electron chi connectivity index (χ4n) is 1.95. The predicted octanol–water partition coefficient (Wildman–Crippen LogP) is 2.36. The highest BCUT2D eigenvalue weighted by Crippen LogP contribution is 2.08. The molecule has 0 aromatic heterocycles. The molecule has 0 saturated heterocycles. The lowest BCUT2D eigenvalue weighted by Crippen LogP contribution is -2.39. The van der Waals surface area contributed by atoms with Gasteiger partial charge in [-0.05, 0) is 17.6 Å². The van der Waals surface area contributed by atoms with Gasteiger partial charge in [0.1, 0.15) is 0 Å². The minimum absolute atomic E-state index is 0.451. The van der Waals surface area contributed by atoms with E-state index in [0.717, 1.165) is 6.42 Å². The van der Waals surface area contributed by atoms with E-state index in [1.807, 2.05) is 0 Å². The van der Waals surface area contributed by atoms with Gasteiger partial charge in [0.25, 0.3) is 0 Å². The first-order valence-corrected chi connectivity index (χ1v) is 7.87. The second kappa shape index (κ2) is 5.99. The van der Waals surface area contributed by atoms with Crippen LogP contribution in [0.25, 0.3) is 0 Å². The van der Waals surface area contributed by atoms with Crippen molar-refractivity contribution >= 4 is 8.80 Å². The van der Waals surface area contributed by atoms with Gasteiger partial charge in [-0.15, -0.1) is 0 Å². The van der Waals surface area contributed by atoms with Crippen molar-refractivity contribution in [1.29, 1.82) is 0 Å². The maximum absolute atomic E-state index is 6.23. The molecule has 2 heteroatoms. The second-order valence-electron chi connectivity index (χ2n) is 3.93. The first-order valence-electron chi connectivity index (χ1n) is 5.57. The summed E-state index contributed by atoms with van der Waals surface area (Å²) < 4.78 is 0. The molecule has 0 aliphatic heterocycles. The highest BCUT2D eigenvalue weighted by atomic mass is 28.3. The summed E-state index contributed by atoms with van der Waals surface area (Å²) >= 11 is 0. The van der Waals surface area contributed by atoms with Gasteiger partial charge in [0, 0.05) is 0 Å². The number of nitrogens with two attached hydrogens (primary N) is 1. The highest BCUT2D eigenvalue weighted by molar-refractivity contribution is 6.60. The molecule has 0 heterocycles. The Morgan fingerprint density at radius 2 is 1.71 bits per heavy atom. The molecule has 0 aliphatic carbocycles. The van der Waals surface area contributed by atoms with Crippen molar-refractivity contribution in [3.8, 4) is 0 Å². The summed E-state index contributed by atoms with van der Waals surface area (Å²) in [6.07, 6.45) is 1.07. The topological polar surface area (TPSA) is 26.0 Å². The Morgan fingerprint density at radius 1 is 1.14 bits per heavy atom. The summed E-state index contributed by atoms with van der Waals surface area (Å²) in [5, 5.41) is 0. The number of benzene rings is 1. The van der Waals surface area contributed by atoms with Crippen molar-refractivity contribution in [1.82, 2.24) is 0 Å². The Morgan fingerprint density at radius 3 is 2.21 bits per heavy atom. The normalized spacial score (nSPS) is 13.1. The van der Waals surface area contributed by atoms with E-state index in [1.165, 1.54) is 17.7 Å². The first kappa shape index (κ1) is 11.5. The zero-order chi connectivity index (χ0) is 10.4. The maximum Gasteiger partial charge on any atom is 0.0562 e. The molecule has 0 amide bonds. The molecule has 1 unspecified atom stereocenters. The molecule has 0 saturated carbocycles. The fraction of sp³-hybridized carbons (Fsp3) is 0.500. The van der Waals surface area contributed by atoms with Gasteiger partial charge in [0.15, 0.2) is 0 Å². The zero-order valence-corrected chi connectivity index (χ0v) is 10.4. The van der Waals surface area contributed by atoms with Crippen molar-refractivity contribution in [3.05, 3.63) is 35.9 Å². The molecule has 0 radical (unpaired) electrons. The van der Waals surface area contributed by atoms with E-state index >= 15 is 0 Å². The maximum atomic E-state index is 6.23. The molecule has 0 spiro atoms. The van der Waals surface area contributed by atoms with Gasteiger partial charge in [0.05, 0.1) is 8.80 Å². The largest absolute Gasteiger partial charge is 0.330 e. The molecule has 1 rings (SSSR count). The van der Waals surface area contributed by atoms with Crippen molar-refractivity contribution in [2.45, 2.75) is 38.0 Å². The summed E-state index contributed by atoms with van der Waals surface area (Å²) in [5.74, 6) is 0. The minimum Gasteiger partial charge on any atom is -0.330 e. The first-order chi connectivity index (χ1) is 6.77. The molecule has 0 fully saturated rings. The van der Waals surface area contributed by atoms with E-state index in [0.29, 0.717) is 5.67 Å². The van der Waals surface area contributed by atoms with Gasteiger partial charge in [-0.2, -0.15) is 0 Å². The third-order valence-corrected chi connectivity index (χ3v) is 6.51. The minimum atomic E-state index is -0.678. The van der Waals surface area contributed by atoms with Crippen LogP contribution in [-0.2, 0) is 6.42 Å². The summed E-state index contributed by atoms with van der Waals surface area (Å²) in [6.45, 7) is 4.57. The van der Waals surface area contributed by atoms with E-state index in [9.17, 15) is 0 Å². The standard InChI is InChI=1S/C12H21NSi/c1-3-14(4-2)12(13)10-11-8-6-5-7-9-11/h5-9,12,14H,3-4,10,13H2,1-2H3. The second-order valence-corrected chi connectivity index (χ2v) is 7.94. The Labute approximate surface area is 88.9 Å². The SMILES string of the molecule is CC[SiH](CC)C(N)Cc1ccccc1. The molecule has 0 bridgehead atoms. The lowest BCUT2D eigenvalue weighted by atomic mass is 10.1. The third-order valence-electron chi connectivity index (χ3n) is 2.97. The predicted molar refractivity (Wildman–Crippen MR) is 66.2 cm³/mol. The van der Waals surface area contributed by atoms with Crippen LogP contribution in [0.1, 0.15) is 19.4 Å². The van der Waals surface area contributed by atoms with Gasteiger partial charge in [0.2, 0.25) is 0 Å². The van der Waals surface area contributed by atoms with Crippen molar-refractivity contribution < 1.29 is 0 Å². The van der Waals surface area contributed by atoms with E-state index in [2.05, 4.69) is 44.2 Å². The van der Waals surface area contributed by atoms with Crippen LogP contribution >= 0.6 is 0 Å². The molecule has 1 aromatic carbocycles. The molecular weight excluding hydrogens is 186 g/mol. The highest BCUT2D eigenvalue weighted by Gasteiger charge is 2.15. The van der Waals surface area contributed by atoms with Crippen LogP contribution < -0.4 is 5.73 Å². The van der Waals surface area contributed by atoms with E-state index in [4.69, 9.17) is 5.73 Å². The van der Waals surface area contributed by atoms with Gasteiger partial charge in [-0.3, -0.25) is 0 Å². The zero-order valence-electron chi connectivity index (χ0n) is 9.24. The molecular formula is C12H21NSi. The lowest BCUT2D eigenvalue weighted by molar-refractivity contribution is 0.850. The summed E-state index contributed by atoms with van der Waals surface area (Å²) in [7, 11) is -0.678. The Hall–Kier alpha value is -0.603. The molecule has 1 nitrogen and oxygen atoms in total. The van der Waals surface area contributed by atoms with Crippen molar-refractivity contribution in [2.24, 2.45) is 5.73 Å². The van der Waals surface area contributed by atoms with Crippen LogP contribution in [0.5, 0.6) is 0 Å². The van der Waals surface area contributed by atoms with Crippen LogP contribution in [-0.4, -0.2) is 14.5 Å². The Kier molecular flexibility index (Phi) is 4.91. The molecule has 78 valence electrons. The number of rotatable bonds is 5. The monoisotopic (exact) mass is 207 g/mol. The summed E-state index contributed by atoms with van der Waals surface area (Å²) in [6, 6.07) is 13.2. The Balaban J connectivity index is 2.52. The summed E-state index contributed by atoms with van der Waals surface area (Å²) in [4.78, 5) is 0. The molecule has 2 N–H and O–H groups in total. The quantitative estimate of drug-likeness (QED) is 0.737. The van der Waals surface area contributed by atoms with E-state index in [-0.39, 0.29) is 0 Å². The molecule has 1 aromatic rings. The smallest absolute Gasteiger partial charge is 0.0562 e. The molecule has 1 atom stereocenters. The van der Waals surface area contributed by atoms with Gasteiger partial charge in [-0.1, -0.05) is 56.3 Å². The van der Waals surface area contributed by atoms with Gasteiger partial charge >= 0.3 is 0 Å². The van der Waals surface area contributed by atoms with Crippen molar-refractivity contribution in [2.75, 3.05) is 0 Å². The average molecular weight is 207 g/mol. The molecule has 14 heavy (non-hydrogen) atoms. The van der Waals surface area contributed by atoms with Crippen LogP contribution in [0.15, 0.2) is 30.3 Å². The number of hydrogen-bond acceptors (Lipinski definition) is 1.